The number of sulfonamides is 1. The number of hydrogen-bond donors (Lipinski definition) is 0. The van der Waals surface area contributed by atoms with Gasteiger partial charge in [0, 0.05) is 18.7 Å². The molecule has 0 unspecified atom stereocenters. The van der Waals surface area contributed by atoms with Crippen LogP contribution in [0, 0.1) is 11.6 Å². The minimum Gasteiger partial charge on any atom is -0.337 e. The molecule has 1 heterocycles. The third-order valence-corrected chi connectivity index (χ3v) is 5.71. The number of nitrogens with zero attached hydrogens (tertiary/aromatic N) is 4. The number of aromatic nitrogens is 2. The molecule has 1 amide bonds. The van der Waals surface area contributed by atoms with Gasteiger partial charge in [-0.25, -0.2) is 17.2 Å². The van der Waals surface area contributed by atoms with Gasteiger partial charge >= 0.3 is 0 Å². The number of likely N-dealkylation sites (N-methyl/N-ethyl adjacent to an activating group) is 1. The van der Waals surface area contributed by atoms with Crippen molar-refractivity contribution in [3.8, 4) is 11.4 Å². The Balaban J connectivity index is 1.79. The second-order valence-corrected chi connectivity index (χ2v) is 8.76. The lowest BCUT2D eigenvalue weighted by Crippen LogP contribution is -2.48. The highest BCUT2D eigenvalue weighted by Crippen LogP contribution is 2.24. The van der Waals surface area contributed by atoms with Crippen LogP contribution in [0.2, 0.25) is 0 Å². The first-order valence-corrected chi connectivity index (χ1v) is 11.0. The highest BCUT2D eigenvalue weighted by atomic mass is 32.2. The predicted molar refractivity (Wildman–Crippen MR) is 109 cm³/mol. The third kappa shape index (κ3) is 5.05. The zero-order valence-corrected chi connectivity index (χ0v) is 17.8. The van der Waals surface area contributed by atoms with Crippen LogP contribution in [0.3, 0.4) is 0 Å². The number of benzene rings is 2. The van der Waals surface area contributed by atoms with Crippen molar-refractivity contribution in [3.05, 3.63) is 66.1 Å². The van der Waals surface area contributed by atoms with Crippen LogP contribution in [-0.4, -0.2) is 48.7 Å². The minimum absolute atomic E-state index is 0.0710. The molecule has 164 valence electrons. The molecule has 3 aromatic rings. The van der Waals surface area contributed by atoms with Crippen LogP contribution in [0.15, 0.2) is 53.1 Å². The van der Waals surface area contributed by atoms with Crippen LogP contribution in [0.5, 0.6) is 0 Å². The van der Waals surface area contributed by atoms with E-state index in [1.54, 1.807) is 12.1 Å². The molecule has 0 radical (unpaired) electrons. The van der Waals surface area contributed by atoms with E-state index in [1.807, 2.05) is 18.2 Å². The smallest absolute Gasteiger partial charge is 0.246 e. The lowest BCUT2D eigenvalue weighted by Gasteiger charge is -2.30. The van der Waals surface area contributed by atoms with Crippen molar-refractivity contribution < 1.29 is 26.5 Å². The monoisotopic (exact) mass is 450 g/mol. The summed E-state index contributed by atoms with van der Waals surface area (Å²) in [5.74, 6) is -2.45. The number of carbonyl (C=O) groups excluding carboxylic acids is 1. The van der Waals surface area contributed by atoms with E-state index in [0.717, 1.165) is 34.3 Å². The molecule has 8 nitrogen and oxygen atoms in total. The summed E-state index contributed by atoms with van der Waals surface area (Å²) in [6.45, 7) is 1.28. The van der Waals surface area contributed by atoms with Crippen molar-refractivity contribution in [1.82, 2.24) is 15.0 Å². The quantitative estimate of drug-likeness (QED) is 0.549. The van der Waals surface area contributed by atoms with Crippen molar-refractivity contribution in [2.75, 3.05) is 17.6 Å². The Kier molecular flexibility index (Phi) is 6.34. The van der Waals surface area contributed by atoms with Crippen LogP contribution in [-0.2, 0) is 21.4 Å². The molecule has 0 aliphatic rings. The van der Waals surface area contributed by atoms with E-state index >= 15 is 0 Å². The number of hydrogen-bond acceptors (Lipinski definition) is 6. The Hall–Kier alpha value is -3.34. The molecule has 0 spiro atoms. The maximum atomic E-state index is 13.7. The molecule has 0 N–H and O–H groups in total. The molecule has 0 saturated carbocycles. The van der Waals surface area contributed by atoms with Gasteiger partial charge in [-0.05, 0) is 19.1 Å². The van der Waals surface area contributed by atoms with E-state index < -0.39 is 33.6 Å². The van der Waals surface area contributed by atoms with Gasteiger partial charge in [-0.3, -0.25) is 9.10 Å². The molecule has 0 aliphatic heterocycles. The number of anilines is 1. The molecule has 0 bridgehead atoms. The van der Waals surface area contributed by atoms with Gasteiger partial charge in [0.1, 0.15) is 6.04 Å². The second kappa shape index (κ2) is 8.80. The largest absolute Gasteiger partial charge is 0.337 e. The Bertz CT molecular complexity index is 1180. The highest BCUT2D eigenvalue weighted by Gasteiger charge is 2.32. The number of amides is 1. The summed E-state index contributed by atoms with van der Waals surface area (Å²) in [6.07, 6.45) is 0.877. The number of carbonyl (C=O) groups is 1. The van der Waals surface area contributed by atoms with E-state index in [4.69, 9.17) is 4.52 Å². The van der Waals surface area contributed by atoms with Crippen molar-refractivity contribution in [2.24, 2.45) is 0 Å². The molecule has 11 heteroatoms. The summed E-state index contributed by atoms with van der Waals surface area (Å²) in [5.41, 5.74) is 0.571. The average Bonchev–Trinajstić information content (AvgIpc) is 3.18. The topological polar surface area (TPSA) is 96.6 Å². The van der Waals surface area contributed by atoms with Gasteiger partial charge < -0.3 is 9.42 Å². The van der Waals surface area contributed by atoms with Crippen molar-refractivity contribution in [2.45, 2.75) is 19.5 Å². The fourth-order valence-electron chi connectivity index (χ4n) is 3.05. The predicted octanol–water partition coefficient (Wildman–Crippen LogP) is 2.83. The van der Waals surface area contributed by atoms with Gasteiger partial charge in [-0.2, -0.15) is 4.98 Å². The Morgan fingerprint density at radius 2 is 1.81 bits per heavy atom. The Morgan fingerprint density at radius 1 is 1.13 bits per heavy atom. The minimum atomic E-state index is -3.98. The molecule has 1 atom stereocenters. The first kappa shape index (κ1) is 22.3. The lowest BCUT2D eigenvalue weighted by atomic mass is 10.2. The van der Waals surface area contributed by atoms with E-state index in [2.05, 4.69) is 10.1 Å². The van der Waals surface area contributed by atoms with Gasteiger partial charge in [0.05, 0.1) is 18.5 Å². The Labute approximate surface area is 178 Å². The molecule has 0 saturated heterocycles. The molecule has 0 aliphatic carbocycles. The van der Waals surface area contributed by atoms with Gasteiger partial charge in [-0.15, -0.1) is 0 Å². The third-order valence-electron chi connectivity index (χ3n) is 4.47. The van der Waals surface area contributed by atoms with E-state index in [1.165, 1.54) is 18.9 Å². The van der Waals surface area contributed by atoms with Gasteiger partial charge in [0.25, 0.3) is 0 Å². The van der Waals surface area contributed by atoms with Gasteiger partial charge in [-0.1, -0.05) is 35.5 Å². The normalized spacial score (nSPS) is 12.4. The Morgan fingerprint density at radius 3 is 2.42 bits per heavy atom. The average molecular weight is 450 g/mol. The summed E-state index contributed by atoms with van der Waals surface area (Å²) < 4.78 is 57.5. The van der Waals surface area contributed by atoms with Crippen LogP contribution < -0.4 is 4.31 Å². The van der Waals surface area contributed by atoms with Crippen LogP contribution in [0.4, 0.5) is 14.5 Å². The summed E-state index contributed by atoms with van der Waals surface area (Å²) in [6, 6.07) is 10.5. The van der Waals surface area contributed by atoms with E-state index in [9.17, 15) is 22.0 Å². The summed E-state index contributed by atoms with van der Waals surface area (Å²) in [7, 11) is -2.54. The van der Waals surface area contributed by atoms with Crippen LogP contribution in [0.25, 0.3) is 11.4 Å². The maximum Gasteiger partial charge on any atom is 0.246 e. The fraction of sp³-hybridized carbons (Fsp3) is 0.250. The fourth-order valence-corrected chi connectivity index (χ4v) is 4.21. The standard InChI is InChI=1S/C20H20F2N4O4S/c1-13(26(31(3,28)29)15-9-10-16(21)17(22)11-15)20(27)25(2)12-18-23-19(24-30-18)14-7-5-4-6-8-14/h4-11,13H,12H2,1-3H3/t13-/m0/s1. The van der Waals surface area contributed by atoms with Crippen LogP contribution in [0.1, 0.15) is 12.8 Å². The van der Waals surface area contributed by atoms with Crippen molar-refractivity contribution in [3.63, 3.8) is 0 Å². The molecule has 0 fully saturated rings. The van der Waals surface area contributed by atoms with E-state index in [0.29, 0.717) is 5.82 Å². The van der Waals surface area contributed by atoms with Crippen molar-refractivity contribution in [1.29, 1.82) is 0 Å². The summed E-state index contributed by atoms with van der Waals surface area (Å²) in [4.78, 5) is 18.4. The zero-order valence-electron chi connectivity index (χ0n) is 17.0. The number of halogens is 2. The molecule has 3 rings (SSSR count). The zero-order chi connectivity index (χ0) is 22.8. The summed E-state index contributed by atoms with van der Waals surface area (Å²) >= 11 is 0. The lowest BCUT2D eigenvalue weighted by molar-refractivity contribution is -0.131. The first-order chi connectivity index (χ1) is 14.6. The molecule has 2 aromatic carbocycles. The van der Waals surface area contributed by atoms with Crippen LogP contribution >= 0.6 is 0 Å². The maximum absolute atomic E-state index is 13.7. The second-order valence-electron chi connectivity index (χ2n) is 6.91. The SMILES string of the molecule is C[C@@H](C(=O)N(C)Cc1nc(-c2ccccc2)no1)N(c1ccc(F)c(F)c1)S(C)(=O)=O. The molecule has 31 heavy (non-hydrogen) atoms. The van der Waals surface area contributed by atoms with E-state index in [-0.39, 0.29) is 18.1 Å². The van der Waals surface area contributed by atoms with Crippen molar-refractivity contribution >= 4 is 21.6 Å². The van der Waals surface area contributed by atoms with Gasteiger partial charge in [0.2, 0.25) is 27.6 Å². The van der Waals surface area contributed by atoms with Gasteiger partial charge in [0.15, 0.2) is 11.6 Å². The molecular formula is C20H20F2N4O4S. The highest BCUT2D eigenvalue weighted by molar-refractivity contribution is 7.92. The molecular weight excluding hydrogens is 430 g/mol. The molecule has 1 aromatic heterocycles. The summed E-state index contributed by atoms with van der Waals surface area (Å²) in [5, 5.41) is 3.88. The number of rotatable bonds is 7. The first-order valence-electron chi connectivity index (χ1n) is 9.15.